The van der Waals surface area contributed by atoms with Crippen LogP contribution in [-0.4, -0.2) is 22.3 Å². The molecule has 0 aliphatic rings. The maximum Gasteiger partial charge on any atom is 0.347 e. The minimum absolute atomic E-state index is 0.0998. The van der Waals surface area contributed by atoms with Crippen molar-refractivity contribution in [3.05, 3.63) is 87.1 Å². The number of carbonyl (C=O) groups is 1. The molecule has 0 bridgehead atoms. The van der Waals surface area contributed by atoms with Crippen molar-refractivity contribution in [2.45, 2.75) is 13.5 Å². The molecule has 0 spiro atoms. The Morgan fingerprint density at radius 1 is 0.889 bits per heavy atom. The van der Waals surface area contributed by atoms with Crippen LogP contribution in [0.4, 0.5) is 5.69 Å². The lowest BCUT2D eigenvalue weighted by molar-refractivity contribution is -0.114. The summed E-state index contributed by atoms with van der Waals surface area (Å²) in [5.74, 6) is -0.0159. The number of nitrogens with one attached hydrogen (secondary N) is 2. The van der Waals surface area contributed by atoms with E-state index < -0.39 is 11.3 Å². The smallest absolute Gasteiger partial charge is 0.347 e. The standard InChI is InChI=1S/C26H18N4O6/c1-14(31)28-18-7-9-20-22(11-18)30-24(36-26(20)33)17-5-3-16(4-6-17)23-29-21-10-15(12-34-13-27)2-8-19(21)25(32)35-23/h2-11,13,27H,12H2,1H3,(H,28,31). The topological polar surface area (TPSA) is 148 Å². The van der Waals surface area contributed by atoms with E-state index in [4.69, 9.17) is 19.0 Å². The van der Waals surface area contributed by atoms with Crippen molar-refractivity contribution in [2.75, 3.05) is 5.32 Å². The van der Waals surface area contributed by atoms with Gasteiger partial charge in [0.2, 0.25) is 17.7 Å². The Labute approximate surface area is 202 Å². The van der Waals surface area contributed by atoms with Crippen LogP contribution >= 0.6 is 0 Å². The van der Waals surface area contributed by atoms with Gasteiger partial charge < -0.3 is 18.9 Å². The zero-order valence-corrected chi connectivity index (χ0v) is 18.9. The minimum Gasteiger partial charge on any atom is -0.479 e. The fourth-order valence-corrected chi connectivity index (χ4v) is 3.70. The molecule has 0 atom stereocenters. The van der Waals surface area contributed by atoms with E-state index in [1.807, 2.05) is 0 Å². The van der Waals surface area contributed by atoms with Gasteiger partial charge in [0.25, 0.3) is 0 Å². The molecule has 10 heteroatoms. The average molecular weight is 482 g/mol. The summed E-state index contributed by atoms with van der Waals surface area (Å²) < 4.78 is 15.8. The molecule has 3 aromatic carbocycles. The van der Waals surface area contributed by atoms with Crippen LogP contribution in [0.2, 0.25) is 0 Å². The molecule has 0 fully saturated rings. The third-order valence-electron chi connectivity index (χ3n) is 5.35. The van der Waals surface area contributed by atoms with Crippen molar-refractivity contribution < 1.29 is 18.4 Å². The number of hydrogen-bond acceptors (Lipinski definition) is 9. The van der Waals surface area contributed by atoms with E-state index in [9.17, 15) is 14.4 Å². The van der Waals surface area contributed by atoms with E-state index in [1.54, 1.807) is 60.7 Å². The van der Waals surface area contributed by atoms with E-state index >= 15 is 0 Å². The summed E-state index contributed by atoms with van der Waals surface area (Å²) in [5, 5.41) is 10.3. The Morgan fingerprint density at radius 3 is 2.00 bits per heavy atom. The molecule has 178 valence electrons. The quantitative estimate of drug-likeness (QED) is 0.271. The summed E-state index contributed by atoms with van der Waals surface area (Å²) in [4.78, 5) is 45.2. The molecule has 0 unspecified atom stereocenters. The number of aromatic nitrogens is 2. The van der Waals surface area contributed by atoms with Gasteiger partial charge in [-0.15, -0.1) is 0 Å². The molecular weight excluding hydrogens is 464 g/mol. The molecule has 0 aliphatic heterocycles. The normalized spacial score (nSPS) is 10.9. The Balaban J connectivity index is 1.50. The van der Waals surface area contributed by atoms with Gasteiger partial charge in [-0.2, -0.15) is 0 Å². The number of hydrogen-bond donors (Lipinski definition) is 2. The molecule has 2 N–H and O–H groups in total. The van der Waals surface area contributed by atoms with Crippen LogP contribution in [0, 0.1) is 5.41 Å². The Hall–Kier alpha value is -5.12. The second-order valence-electron chi connectivity index (χ2n) is 7.88. The molecule has 5 rings (SSSR count). The summed E-state index contributed by atoms with van der Waals surface area (Å²) in [6, 6.07) is 16.5. The SMILES string of the molecule is CC(=O)Nc1ccc2c(=O)oc(-c3ccc(-c4nc5cc(COC=N)ccc5c(=O)o4)cc3)nc2c1. The molecule has 1 amide bonds. The highest BCUT2D eigenvalue weighted by Gasteiger charge is 2.13. The summed E-state index contributed by atoms with van der Waals surface area (Å²) in [6.07, 6.45) is 0.846. The minimum atomic E-state index is -0.557. The van der Waals surface area contributed by atoms with Crippen LogP contribution in [0.25, 0.3) is 44.7 Å². The molecule has 0 saturated carbocycles. The Morgan fingerprint density at radius 2 is 1.44 bits per heavy atom. The summed E-state index contributed by atoms with van der Waals surface area (Å²) >= 11 is 0. The number of ether oxygens (including phenoxy) is 1. The van der Waals surface area contributed by atoms with Gasteiger partial charge >= 0.3 is 11.3 Å². The first-order valence-corrected chi connectivity index (χ1v) is 10.8. The molecule has 36 heavy (non-hydrogen) atoms. The van der Waals surface area contributed by atoms with Gasteiger partial charge in [-0.05, 0) is 60.2 Å². The van der Waals surface area contributed by atoms with E-state index in [2.05, 4.69) is 15.3 Å². The molecular formula is C26H18N4O6. The fourth-order valence-electron chi connectivity index (χ4n) is 3.70. The highest BCUT2D eigenvalue weighted by atomic mass is 16.5. The van der Waals surface area contributed by atoms with Crippen LogP contribution in [-0.2, 0) is 16.1 Å². The molecule has 0 saturated heterocycles. The lowest BCUT2D eigenvalue weighted by Crippen LogP contribution is -2.07. The molecule has 0 radical (unpaired) electrons. The van der Waals surface area contributed by atoms with Gasteiger partial charge in [-0.1, -0.05) is 6.07 Å². The van der Waals surface area contributed by atoms with Crippen molar-refractivity contribution in [1.82, 2.24) is 9.97 Å². The maximum absolute atomic E-state index is 12.5. The molecule has 2 heterocycles. The number of anilines is 1. The van der Waals surface area contributed by atoms with Crippen molar-refractivity contribution in [3.63, 3.8) is 0 Å². The predicted molar refractivity (Wildman–Crippen MR) is 133 cm³/mol. The van der Waals surface area contributed by atoms with Crippen LogP contribution in [0.5, 0.6) is 0 Å². The van der Waals surface area contributed by atoms with E-state index in [-0.39, 0.29) is 29.7 Å². The molecule has 5 aromatic rings. The second kappa shape index (κ2) is 9.26. The van der Waals surface area contributed by atoms with Gasteiger partial charge in [0, 0.05) is 23.7 Å². The first-order valence-electron chi connectivity index (χ1n) is 10.8. The highest BCUT2D eigenvalue weighted by Crippen LogP contribution is 2.25. The van der Waals surface area contributed by atoms with Crippen LogP contribution in [0.1, 0.15) is 12.5 Å². The summed E-state index contributed by atoms with van der Waals surface area (Å²) in [6.45, 7) is 1.57. The molecule has 10 nitrogen and oxygen atoms in total. The number of nitrogens with zero attached hydrogens (tertiary/aromatic N) is 2. The maximum atomic E-state index is 12.5. The largest absolute Gasteiger partial charge is 0.479 e. The van der Waals surface area contributed by atoms with Gasteiger partial charge in [-0.3, -0.25) is 10.2 Å². The van der Waals surface area contributed by atoms with Crippen molar-refractivity contribution in [3.8, 4) is 22.9 Å². The third-order valence-corrected chi connectivity index (χ3v) is 5.35. The van der Waals surface area contributed by atoms with Crippen LogP contribution in [0.3, 0.4) is 0 Å². The molecule has 2 aromatic heterocycles. The first-order chi connectivity index (χ1) is 17.4. The Bertz CT molecular complexity index is 1760. The van der Waals surface area contributed by atoms with Crippen molar-refractivity contribution in [2.24, 2.45) is 0 Å². The highest BCUT2D eigenvalue weighted by molar-refractivity contribution is 5.92. The first kappa shape index (κ1) is 22.7. The average Bonchev–Trinajstić information content (AvgIpc) is 2.86. The van der Waals surface area contributed by atoms with E-state index in [0.717, 1.165) is 12.0 Å². The van der Waals surface area contributed by atoms with Gasteiger partial charge in [0.05, 0.1) is 21.8 Å². The van der Waals surface area contributed by atoms with Crippen LogP contribution in [0.15, 0.2) is 79.1 Å². The number of carbonyl (C=O) groups excluding carboxylic acids is 1. The third kappa shape index (κ3) is 4.47. The number of fused-ring (bicyclic) bond motifs is 2. The number of amides is 1. The van der Waals surface area contributed by atoms with E-state index in [0.29, 0.717) is 33.2 Å². The Kier molecular flexibility index (Phi) is 5.83. The lowest BCUT2D eigenvalue weighted by Gasteiger charge is -2.06. The predicted octanol–water partition coefficient (Wildman–Crippen LogP) is 4.11. The number of rotatable bonds is 6. The van der Waals surface area contributed by atoms with Crippen molar-refractivity contribution >= 4 is 39.8 Å². The zero-order valence-electron chi connectivity index (χ0n) is 18.9. The second-order valence-corrected chi connectivity index (χ2v) is 7.88. The zero-order chi connectivity index (χ0) is 25.2. The summed E-state index contributed by atoms with van der Waals surface area (Å²) in [7, 11) is 0. The lowest BCUT2D eigenvalue weighted by atomic mass is 10.1. The molecule has 0 aliphatic carbocycles. The van der Waals surface area contributed by atoms with Crippen molar-refractivity contribution in [1.29, 1.82) is 5.41 Å². The van der Waals surface area contributed by atoms with Crippen LogP contribution < -0.4 is 16.6 Å². The monoisotopic (exact) mass is 482 g/mol. The summed E-state index contributed by atoms with van der Waals surface area (Å²) in [5.41, 5.74) is 2.06. The van der Waals surface area contributed by atoms with Gasteiger partial charge in [0.1, 0.15) is 6.61 Å². The number of benzene rings is 3. The van der Waals surface area contributed by atoms with Gasteiger partial charge in [-0.25, -0.2) is 19.6 Å². The van der Waals surface area contributed by atoms with E-state index in [1.165, 1.54) is 6.92 Å². The fraction of sp³-hybridized carbons (Fsp3) is 0.0769. The van der Waals surface area contributed by atoms with Gasteiger partial charge in [0.15, 0.2) is 6.40 Å².